The predicted octanol–water partition coefficient (Wildman–Crippen LogP) is 1.68. The molecule has 116 valence electrons. The number of carbonyl (C=O) groups excluding carboxylic acids is 1. The molecule has 0 aliphatic carbocycles. The van der Waals surface area contributed by atoms with Crippen molar-refractivity contribution in [2.45, 2.75) is 12.8 Å². The number of hydrogen-bond donors (Lipinski definition) is 1. The summed E-state index contributed by atoms with van der Waals surface area (Å²) in [5.41, 5.74) is 5.12. The molecule has 6 nitrogen and oxygen atoms in total. The van der Waals surface area contributed by atoms with Crippen LogP contribution < -0.4 is 15.1 Å². The summed E-state index contributed by atoms with van der Waals surface area (Å²) in [7, 11) is 0. The quantitative estimate of drug-likeness (QED) is 0.858. The minimum atomic E-state index is 0.0878. The number of rotatable bonds is 1. The van der Waals surface area contributed by atoms with E-state index in [9.17, 15) is 4.79 Å². The highest BCUT2D eigenvalue weighted by Gasteiger charge is 2.34. The molecule has 0 spiro atoms. The Morgan fingerprint density at radius 2 is 2.23 bits per heavy atom. The molecule has 3 aliphatic heterocycles. The average molecular weight is 300 g/mol. The number of ether oxygens (including phenoxy) is 1. The topological polar surface area (TPSA) is 57.2 Å². The Bertz CT molecular complexity index is 616. The molecule has 0 radical (unpaired) electrons. The summed E-state index contributed by atoms with van der Waals surface area (Å²) < 4.78 is 5.63. The van der Waals surface area contributed by atoms with Gasteiger partial charge in [0, 0.05) is 37.7 Å². The lowest BCUT2D eigenvalue weighted by Gasteiger charge is -2.32. The first kappa shape index (κ1) is 13.4. The number of carbonyl (C=O) groups is 1. The van der Waals surface area contributed by atoms with Gasteiger partial charge in [-0.15, -0.1) is 0 Å². The van der Waals surface area contributed by atoms with E-state index >= 15 is 0 Å². The molecule has 1 aromatic rings. The van der Waals surface area contributed by atoms with E-state index in [1.54, 1.807) is 0 Å². The van der Waals surface area contributed by atoms with Gasteiger partial charge in [0.2, 0.25) is 0 Å². The predicted molar refractivity (Wildman–Crippen MR) is 84.4 cm³/mol. The lowest BCUT2D eigenvalue weighted by Crippen LogP contribution is -2.46. The van der Waals surface area contributed by atoms with Gasteiger partial charge in [-0.3, -0.25) is 4.90 Å². The van der Waals surface area contributed by atoms with Crippen LogP contribution in [0.5, 0.6) is 5.75 Å². The summed E-state index contributed by atoms with van der Waals surface area (Å²) in [6.07, 6.45) is 2.02. The molecule has 4 rings (SSSR count). The zero-order valence-corrected chi connectivity index (χ0v) is 12.5. The molecule has 0 aromatic heterocycles. The lowest BCUT2D eigenvalue weighted by molar-refractivity contribution is 0.209. The molecule has 0 bridgehead atoms. The molecule has 3 heterocycles. The van der Waals surface area contributed by atoms with Crippen molar-refractivity contribution in [1.29, 1.82) is 0 Å². The van der Waals surface area contributed by atoms with Gasteiger partial charge in [-0.25, -0.2) is 4.79 Å². The Balaban J connectivity index is 1.49. The highest BCUT2D eigenvalue weighted by molar-refractivity contribution is 5.95. The monoisotopic (exact) mass is 300 g/mol. The maximum absolute atomic E-state index is 12.9. The number of fused-ring (bicyclic) bond motifs is 1. The van der Waals surface area contributed by atoms with Gasteiger partial charge >= 0.3 is 6.03 Å². The van der Waals surface area contributed by atoms with Gasteiger partial charge in [0.1, 0.15) is 12.4 Å². The van der Waals surface area contributed by atoms with Gasteiger partial charge in [-0.05, 0) is 18.6 Å². The van der Waals surface area contributed by atoms with E-state index in [4.69, 9.17) is 4.74 Å². The van der Waals surface area contributed by atoms with Crippen molar-refractivity contribution in [1.82, 2.24) is 10.3 Å². The lowest BCUT2D eigenvalue weighted by atomic mass is 10.0. The third-order valence-electron chi connectivity index (χ3n) is 4.61. The molecule has 1 saturated heterocycles. The minimum absolute atomic E-state index is 0.0878. The fourth-order valence-corrected chi connectivity index (χ4v) is 3.44. The molecular formula is C16H20N4O2. The Labute approximate surface area is 129 Å². The maximum Gasteiger partial charge on any atom is 0.324 e. The van der Waals surface area contributed by atoms with Gasteiger partial charge < -0.3 is 15.1 Å². The van der Waals surface area contributed by atoms with Gasteiger partial charge in [0.25, 0.3) is 0 Å². The molecular weight excluding hydrogens is 280 g/mol. The SMILES string of the molecule is O=C(N1CCC(C2=NNCC2)C1)N1CCOc2ccccc21. The minimum Gasteiger partial charge on any atom is -0.490 e. The Morgan fingerprint density at radius 1 is 1.32 bits per heavy atom. The van der Waals surface area contributed by atoms with Gasteiger partial charge in [0.15, 0.2) is 0 Å². The molecule has 2 amide bonds. The van der Waals surface area contributed by atoms with Crippen LogP contribution in [-0.2, 0) is 0 Å². The molecule has 1 N–H and O–H groups in total. The van der Waals surface area contributed by atoms with E-state index in [1.165, 1.54) is 5.71 Å². The maximum atomic E-state index is 12.9. The number of nitrogens with one attached hydrogen (secondary N) is 1. The van der Waals surface area contributed by atoms with Crippen LogP contribution in [0.4, 0.5) is 10.5 Å². The molecule has 1 atom stereocenters. The standard InChI is InChI=1S/C16H20N4O2/c21-16(19-8-6-12(11-19)13-5-7-17-18-13)20-9-10-22-15-4-2-1-3-14(15)20/h1-4,12,17H,5-11H2. The molecule has 22 heavy (non-hydrogen) atoms. The first-order valence-corrected chi connectivity index (χ1v) is 7.90. The number of nitrogens with zero attached hydrogens (tertiary/aromatic N) is 3. The van der Waals surface area contributed by atoms with Crippen LogP contribution in [0.1, 0.15) is 12.8 Å². The van der Waals surface area contributed by atoms with Crippen molar-refractivity contribution in [3.8, 4) is 5.75 Å². The molecule has 0 saturated carbocycles. The van der Waals surface area contributed by atoms with Crippen LogP contribution in [0.15, 0.2) is 29.4 Å². The summed E-state index contributed by atoms with van der Waals surface area (Å²) in [6.45, 7) is 3.67. The number of benzene rings is 1. The summed E-state index contributed by atoms with van der Waals surface area (Å²) in [4.78, 5) is 16.7. The summed E-state index contributed by atoms with van der Waals surface area (Å²) in [6, 6.07) is 7.83. The van der Waals surface area contributed by atoms with Crippen molar-refractivity contribution in [2.75, 3.05) is 37.7 Å². The van der Waals surface area contributed by atoms with Crippen molar-refractivity contribution < 1.29 is 9.53 Å². The molecule has 3 aliphatic rings. The second-order valence-electron chi connectivity index (χ2n) is 5.94. The Morgan fingerprint density at radius 3 is 3.09 bits per heavy atom. The van der Waals surface area contributed by atoms with E-state index in [0.29, 0.717) is 19.1 Å². The number of urea groups is 1. The number of anilines is 1. The average Bonchev–Trinajstić information content (AvgIpc) is 3.24. The second-order valence-corrected chi connectivity index (χ2v) is 5.94. The van der Waals surface area contributed by atoms with Gasteiger partial charge in [-0.1, -0.05) is 12.1 Å². The van der Waals surface area contributed by atoms with E-state index in [2.05, 4.69) is 10.5 Å². The zero-order chi connectivity index (χ0) is 14.9. The highest BCUT2D eigenvalue weighted by atomic mass is 16.5. The fourth-order valence-electron chi connectivity index (χ4n) is 3.44. The molecule has 1 unspecified atom stereocenters. The van der Waals surface area contributed by atoms with Crippen LogP contribution in [0.2, 0.25) is 0 Å². The zero-order valence-electron chi connectivity index (χ0n) is 12.5. The van der Waals surface area contributed by atoms with E-state index in [0.717, 1.165) is 43.9 Å². The highest BCUT2D eigenvalue weighted by Crippen LogP contribution is 2.32. The number of amides is 2. The van der Waals surface area contributed by atoms with Crippen LogP contribution >= 0.6 is 0 Å². The third-order valence-corrected chi connectivity index (χ3v) is 4.61. The van der Waals surface area contributed by atoms with Crippen molar-refractivity contribution >= 4 is 17.4 Å². The van der Waals surface area contributed by atoms with E-state index in [-0.39, 0.29) is 6.03 Å². The molecule has 1 aromatic carbocycles. The Hall–Kier alpha value is -2.24. The van der Waals surface area contributed by atoms with E-state index < -0.39 is 0 Å². The van der Waals surface area contributed by atoms with Gasteiger partial charge in [0.05, 0.1) is 12.2 Å². The summed E-state index contributed by atoms with van der Waals surface area (Å²) in [5.74, 6) is 1.21. The first-order valence-electron chi connectivity index (χ1n) is 7.90. The second kappa shape index (κ2) is 5.51. The third kappa shape index (κ3) is 2.28. The largest absolute Gasteiger partial charge is 0.490 e. The van der Waals surface area contributed by atoms with Crippen molar-refractivity contribution in [3.63, 3.8) is 0 Å². The number of hydrogen-bond acceptors (Lipinski definition) is 4. The van der Waals surface area contributed by atoms with Crippen LogP contribution in [0, 0.1) is 5.92 Å². The smallest absolute Gasteiger partial charge is 0.324 e. The number of para-hydroxylation sites is 2. The van der Waals surface area contributed by atoms with Gasteiger partial charge in [-0.2, -0.15) is 5.10 Å². The van der Waals surface area contributed by atoms with Crippen molar-refractivity contribution in [3.05, 3.63) is 24.3 Å². The molecule has 6 heteroatoms. The normalized spacial score (nSPS) is 23.6. The first-order chi connectivity index (χ1) is 10.8. The summed E-state index contributed by atoms with van der Waals surface area (Å²) >= 11 is 0. The van der Waals surface area contributed by atoms with Crippen molar-refractivity contribution in [2.24, 2.45) is 11.0 Å². The Kier molecular flexibility index (Phi) is 3.36. The van der Waals surface area contributed by atoms with Crippen LogP contribution in [0.3, 0.4) is 0 Å². The summed E-state index contributed by atoms with van der Waals surface area (Å²) in [5, 5.41) is 4.36. The van der Waals surface area contributed by atoms with E-state index in [1.807, 2.05) is 34.1 Å². The fraction of sp³-hybridized carbons (Fsp3) is 0.500. The number of likely N-dealkylation sites (tertiary alicyclic amines) is 1. The molecule has 1 fully saturated rings. The van der Waals surface area contributed by atoms with Crippen LogP contribution in [0.25, 0.3) is 0 Å². The van der Waals surface area contributed by atoms with Crippen LogP contribution in [-0.4, -0.2) is 49.4 Å². The number of hydrazone groups is 1.